The Labute approximate surface area is 194 Å². The summed E-state index contributed by atoms with van der Waals surface area (Å²) in [5.41, 5.74) is 1.58. The Morgan fingerprint density at radius 1 is 0.935 bits per heavy atom. The first-order valence-electron chi connectivity index (χ1n) is 9.67. The molecule has 4 atom stereocenters. The van der Waals surface area contributed by atoms with Crippen LogP contribution in [0, 0.1) is 6.92 Å². The highest BCUT2D eigenvalue weighted by Crippen LogP contribution is 2.27. The molecule has 0 bridgehead atoms. The predicted molar refractivity (Wildman–Crippen MR) is 127 cm³/mol. The lowest BCUT2D eigenvalue weighted by atomic mass is 10.0. The van der Waals surface area contributed by atoms with E-state index in [2.05, 4.69) is 20.7 Å². The molecular weight excluding hydrogens is 498 g/mol. The topological polar surface area (TPSA) is 83.5 Å². The summed E-state index contributed by atoms with van der Waals surface area (Å²) in [6, 6.07) is 23.5. The van der Waals surface area contributed by atoms with Crippen molar-refractivity contribution in [2.45, 2.75) is 33.7 Å². The number of aryl methyl sites for hydroxylation is 1. The molecule has 0 spiro atoms. The Morgan fingerprint density at radius 2 is 1.48 bits per heavy atom. The SMILES string of the molecule is Cc1ccc(S(=O)(=O)NC(CS(=O)c2ccccc2)C(Br)C(O)c2ccccc2)cc1. The molecule has 3 aromatic carbocycles. The van der Waals surface area contributed by atoms with Crippen LogP contribution in [0.4, 0.5) is 0 Å². The van der Waals surface area contributed by atoms with Gasteiger partial charge in [-0.2, -0.15) is 0 Å². The van der Waals surface area contributed by atoms with Crippen molar-refractivity contribution in [1.82, 2.24) is 4.72 Å². The van der Waals surface area contributed by atoms with Gasteiger partial charge in [-0.25, -0.2) is 13.1 Å². The van der Waals surface area contributed by atoms with Crippen molar-refractivity contribution in [3.8, 4) is 0 Å². The zero-order valence-electron chi connectivity index (χ0n) is 16.9. The maximum Gasteiger partial charge on any atom is 0.240 e. The van der Waals surface area contributed by atoms with Crippen molar-refractivity contribution in [2.24, 2.45) is 0 Å². The van der Waals surface area contributed by atoms with E-state index in [9.17, 15) is 17.7 Å². The summed E-state index contributed by atoms with van der Waals surface area (Å²) in [4.78, 5) is 0.00112. The van der Waals surface area contributed by atoms with E-state index < -0.39 is 37.8 Å². The predicted octanol–water partition coefficient (Wildman–Crippen LogP) is 3.95. The smallest absolute Gasteiger partial charge is 0.240 e. The lowest BCUT2D eigenvalue weighted by Crippen LogP contribution is -2.46. The van der Waals surface area contributed by atoms with Crippen molar-refractivity contribution in [3.63, 3.8) is 0 Å². The van der Waals surface area contributed by atoms with Gasteiger partial charge in [-0.3, -0.25) is 4.21 Å². The van der Waals surface area contributed by atoms with Crippen molar-refractivity contribution < 1.29 is 17.7 Å². The van der Waals surface area contributed by atoms with Crippen LogP contribution in [0.2, 0.25) is 0 Å². The van der Waals surface area contributed by atoms with E-state index >= 15 is 0 Å². The number of alkyl halides is 1. The monoisotopic (exact) mass is 521 g/mol. The molecule has 0 heterocycles. The number of aliphatic hydroxyl groups is 1. The average Bonchev–Trinajstić information content (AvgIpc) is 2.79. The summed E-state index contributed by atoms with van der Waals surface area (Å²) >= 11 is 3.47. The number of sulfonamides is 1. The van der Waals surface area contributed by atoms with E-state index in [0.717, 1.165) is 5.56 Å². The molecule has 0 aromatic heterocycles. The Kier molecular flexibility index (Phi) is 8.18. The maximum atomic E-state index is 13.0. The number of halogens is 1. The van der Waals surface area contributed by atoms with Gasteiger partial charge in [0, 0.05) is 16.7 Å². The second-order valence-electron chi connectivity index (χ2n) is 7.17. The molecule has 0 fully saturated rings. The largest absolute Gasteiger partial charge is 0.387 e. The third-order valence-electron chi connectivity index (χ3n) is 4.80. The lowest BCUT2D eigenvalue weighted by Gasteiger charge is -2.27. The minimum atomic E-state index is -3.89. The van der Waals surface area contributed by atoms with Gasteiger partial charge < -0.3 is 5.11 Å². The highest BCUT2D eigenvalue weighted by Gasteiger charge is 2.32. The molecule has 8 heteroatoms. The van der Waals surface area contributed by atoms with Crippen LogP contribution in [0.3, 0.4) is 0 Å². The summed E-state index contributed by atoms with van der Waals surface area (Å²) in [5.74, 6) is -0.00504. The van der Waals surface area contributed by atoms with Gasteiger partial charge in [0.05, 0.1) is 26.6 Å². The van der Waals surface area contributed by atoms with Gasteiger partial charge in [0.15, 0.2) is 0 Å². The minimum absolute atomic E-state index is 0.00504. The molecule has 0 aliphatic rings. The van der Waals surface area contributed by atoms with Gasteiger partial charge >= 0.3 is 0 Å². The molecule has 31 heavy (non-hydrogen) atoms. The highest BCUT2D eigenvalue weighted by atomic mass is 79.9. The zero-order valence-corrected chi connectivity index (χ0v) is 20.1. The number of hydrogen-bond donors (Lipinski definition) is 2. The van der Waals surface area contributed by atoms with Gasteiger partial charge in [-0.05, 0) is 36.8 Å². The molecule has 0 saturated carbocycles. The lowest BCUT2D eigenvalue weighted by molar-refractivity contribution is 0.167. The fourth-order valence-electron chi connectivity index (χ4n) is 3.06. The van der Waals surface area contributed by atoms with E-state index in [1.165, 1.54) is 12.1 Å². The standard InChI is InChI=1S/C23H24BrNO4S2/c1-17-12-14-20(15-13-17)31(28,29)25-21(16-30(27)19-10-6-3-7-11-19)22(24)23(26)18-8-4-2-5-9-18/h2-15,21-23,25-26H,16H2,1H3. The summed E-state index contributed by atoms with van der Waals surface area (Å²) in [7, 11) is -5.36. The Hall–Kier alpha value is -1.84. The van der Waals surface area contributed by atoms with E-state index in [1.54, 1.807) is 60.7 Å². The van der Waals surface area contributed by atoms with Gasteiger partial charge in [0.2, 0.25) is 10.0 Å². The number of benzene rings is 3. The molecule has 3 rings (SSSR count). The fourth-order valence-corrected chi connectivity index (χ4v) is 6.74. The first-order chi connectivity index (χ1) is 14.8. The number of hydrogen-bond acceptors (Lipinski definition) is 4. The second-order valence-corrected chi connectivity index (χ2v) is 11.4. The number of rotatable bonds is 9. The second kappa shape index (κ2) is 10.7. The van der Waals surface area contributed by atoms with Gasteiger partial charge in [0.25, 0.3) is 0 Å². The molecule has 4 unspecified atom stereocenters. The molecular formula is C23H24BrNO4S2. The van der Waals surface area contributed by atoms with Gasteiger partial charge in [0.1, 0.15) is 0 Å². The molecule has 3 aromatic rings. The molecule has 0 aliphatic carbocycles. The van der Waals surface area contributed by atoms with Crippen molar-refractivity contribution in [1.29, 1.82) is 0 Å². The molecule has 164 valence electrons. The summed E-state index contributed by atoms with van der Waals surface area (Å²) in [5, 5.41) is 10.9. The molecule has 0 amide bonds. The molecule has 0 radical (unpaired) electrons. The highest BCUT2D eigenvalue weighted by molar-refractivity contribution is 9.09. The van der Waals surface area contributed by atoms with Crippen molar-refractivity contribution in [3.05, 3.63) is 96.1 Å². The van der Waals surface area contributed by atoms with Crippen LogP contribution in [-0.2, 0) is 20.8 Å². The van der Waals surface area contributed by atoms with Crippen molar-refractivity contribution >= 4 is 36.8 Å². The molecule has 5 nitrogen and oxygen atoms in total. The van der Waals surface area contributed by atoms with Crippen LogP contribution >= 0.6 is 15.9 Å². The first kappa shape index (κ1) is 23.8. The summed E-state index contributed by atoms with van der Waals surface area (Å²) in [6.07, 6.45) is -1.00. The average molecular weight is 522 g/mol. The molecule has 0 aliphatic heterocycles. The van der Waals surface area contributed by atoms with Crippen LogP contribution in [0.1, 0.15) is 17.2 Å². The summed E-state index contributed by atoms with van der Waals surface area (Å²) in [6.45, 7) is 1.88. The Morgan fingerprint density at radius 3 is 2.06 bits per heavy atom. The fraction of sp³-hybridized carbons (Fsp3) is 0.217. The van der Waals surface area contributed by atoms with E-state index in [1.807, 2.05) is 19.1 Å². The van der Waals surface area contributed by atoms with Crippen LogP contribution < -0.4 is 4.72 Å². The van der Waals surface area contributed by atoms with Crippen molar-refractivity contribution in [2.75, 3.05) is 5.75 Å². The number of aliphatic hydroxyl groups excluding tert-OH is 1. The number of nitrogens with one attached hydrogen (secondary N) is 1. The first-order valence-corrected chi connectivity index (χ1v) is 13.4. The minimum Gasteiger partial charge on any atom is -0.387 e. The quantitative estimate of drug-likeness (QED) is 0.417. The Bertz CT molecular complexity index is 1110. The van der Waals surface area contributed by atoms with Crippen LogP contribution in [-0.4, -0.2) is 34.4 Å². The normalized spacial score (nSPS) is 15.7. The van der Waals surface area contributed by atoms with Crippen LogP contribution in [0.25, 0.3) is 0 Å². The zero-order chi connectivity index (χ0) is 22.4. The third kappa shape index (κ3) is 6.33. The van der Waals surface area contributed by atoms with Gasteiger partial charge in [-0.15, -0.1) is 0 Å². The van der Waals surface area contributed by atoms with E-state index in [4.69, 9.17) is 0 Å². The van der Waals surface area contributed by atoms with Crippen LogP contribution in [0.5, 0.6) is 0 Å². The van der Waals surface area contributed by atoms with Gasteiger partial charge in [-0.1, -0.05) is 82.2 Å². The molecule has 2 N–H and O–H groups in total. The Balaban J connectivity index is 1.89. The maximum absolute atomic E-state index is 13.0. The third-order valence-corrected chi connectivity index (χ3v) is 8.91. The summed E-state index contributed by atoms with van der Waals surface area (Å²) < 4.78 is 41.7. The van der Waals surface area contributed by atoms with E-state index in [-0.39, 0.29) is 10.6 Å². The van der Waals surface area contributed by atoms with Crippen LogP contribution in [0.15, 0.2) is 94.7 Å². The molecule has 0 saturated heterocycles. The van der Waals surface area contributed by atoms with E-state index in [0.29, 0.717) is 10.5 Å².